The fourth-order valence-electron chi connectivity index (χ4n) is 2.28. The van der Waals surface area contributed by atoms with E-state index in [-0.39, 0.29) is 11.5 Å². The molecule has 0 bridgehead atoms. The normalized spacial score (nSPS) is 18.8. The molecule has 8 nitrogen and oxygen atoms in total. The fourth-order valence-corrected chi connectivity index (χ4v) is 2.28. The first-order valence-electron chi connectivity index (χ1n) is 7.04. The number of carbonyl (C=O) groups is 1. The van der Waals surface area contributed by atoms with Gasteiger partial charge in [0.15, 0.2) is 23.0 Å². The second kappa shape index (κ2) is 6.53. The molecule has 2 heterocycles. The quantitative estimate of drug-likeness (QED) is 0.763. The van der Waals surface area contributed by atoms with Gasteiger partial charge in [-0.1, -0.05) is 6.08 Å². The van der Waals surface area contributed by atoms with Crippen molar-refractivity contribution >= 4 is 29.9 Å². The van der Waals surface area contributed by atoms with Crippen LogP contribution in [0.5, 0.6) is 17.2 Å². The average Bonchev–Trinajstić information content (AvgIpc) is 3.08. The monoisotopic (exact) mass is 329 g/mol. The van der Waals surface area contributed by atoms with Crippen molar-refractivity contribution in [3.8, 4) is 17.2 Å². The first-order valence-corrected chi connectivity index (χ1v) is 7.04. The van der Waals surface area contributed by atoms with Crippen molar-refractivity contribution in [2.45, 2.75) is 6.23 Å². The number of cyclic esters (lactones) is 1. The first-order chi connectivity index (χ1) is 11.7. The van der Waals surface area contributed by atoms with Crippen molar-refractivity contribution in [1.82, 2.24) is 0 Å². The Balaban J connectivity index is 1.87. The third-order valence-electron chi connectivity index (χ3n) is 3.39. The summed E-state index contributed by atoms with van der Waals surface area (Å²) < 4.78 is 21.0. The molecule has 2 aliphatic heterocycles. The molecule has 0 saturated heterocycles. The molecule has 0 fully saturated rings. The van der Waals surface area contributed by atoms with E-state index >= 15 is 0 Å². The minimum atomic E-state index is -0.763. The van der Waals surface area contributed by atoms with Crippen LogP contribution >= 0.6 is 0 Å². The zero-order valence-corrected chi connectivity index (χ0v) is 13.3. The molecule has 0 spiro atoms. The van der Waals surface area contributed by atoms with E-state index in [0.29, 0.717) is 17.2 Å². The van der Waals surface area contributed by atoms with E-state index in [9.17, 15) is 4.79 Å². The number of methoxy groups -OCH3 is 3. The van der Waals surface area contributed by atoms with Crippen LogP contribution in [0.15, 0.2) is 33.2 Å². The molecule has 0 N–H and O–H groups in total. The van der Waals surface area contributed by atoms with Crippen LogP contribution in [0.1, 0.15) is 5.56 Å². The molecular weight excluding hydrogens is 314 g/mol. The molecule has 0 aliphatic carbocycles. The summed E-state index contributed by atoms with van der Waals surface area (Å²) in [5, 5.41) is 0. The van der Waals surface area contributed by atoms with E-state index < -0.39 is 12.2 Å². The summed E-state index contributed by atoms with van der Waals surface area (Å²) in [4.78, 5) is 23.7. The maximum absolute atomic E-state index is 11.8. The standard InChI is InChI=1S/C16H15N3O5/c1-21-10-6-9(7-11(22-2)14(10)23-3)4-5-12-19-15-13(16(20)24-12)17-8-18-15/h4-8,12H,1-3H3/b5-4+. The van der Waals surface area contributed by atoms with Crippen LogP contribution in [-0.4, -0.2) is 51.4 Å². The number of benzene rings is 1. The predicted molar refractivity (Wildman–Crippen MR) is 88.4 cm³/mol. The van der Waals surface area contributed by atoms with E-state index in [0.717, 1.165) is 5.56 Å². The zero-order chi connectivity index (χ0) is 17.1. The van der Waals surface area contributed by atoms with Gasteiger partial charge in [0.05, 0.1) is 21.3 Å². The van der Waals surface area contributed by atoms with Gasteiger partial charge in [0, 0.05) is 0 Å². The van der Waals surface area contributed by atoms with Crippen molar-refractivity contribution in [2.24, 2.45) is 15.0 Å². The van der Waals surface area contributed by atoms with Crippen LogP contribution in [0.3, 0.4) is 0 Å². The molecule has 8 heteroatoms. The lowest BCUT2D eigenvalue weighted by Crippen LogP contribution is -2.32. The fraction of sp³-hybridized carbons (Fsp3) is 0.250. The van der Waals surface area contributed by atoms with Gasteiger partial charge in [-0.2, -0.15) is 0 Å². The van der Waals surface area contributed by atoms with Crippen LogP contribution in [0.2, 0.25) is 0 Å². The molecule has 24 heavy (non-hydrogen) atoms. The minimum Gasteiger partial charge on any atom is -0.493 e. The third kappa shape index (κ3) is 2.85. The van der Waals surface area contributed by atoms with Gasteiger partial charge in [-0.25, -0.2) is 19.8 Å². The Bertz CT molecular complexity index is 770. The number of aliphatic imine (C=N–C) groups is 3. The maximum Gasteiger partial charge on any atom is 0.363 e. The lowest BCUT2D eigenvalue weighted by atomic mass is 10.1. The molecule has 3 rings (SSSR count). The summed E-state index contributed by atoms with van der Waals surface area (Å²) >= 11 is 0. The highest BCUT2D eigenvalue weighted by molar-refractivity contribution is 6.68. The number of hydrogen-bond acceptors (Lipinski definition) is 8. The highest BCUT2D eigenvalue weighted by atomic mass is 16.6. The highest BCUT2D eigenvalue weighted by Gasteiger charge is 2.30. The molecule has 124 valence electrons. The van der Waals surface area contributed by atoms with Crippen LogP contribution < -0.4 is 14.2 Å². The van der Waals surface area contributed by atoms with Crippen LogP contribution in [-0.2, 0) is 9.53 Å². The van der Waals surface area contributed by atoms with E-state index in [4.69, 9.17) is 18.9 Å². The molecule has 1 atom stereocenters. The summed E-state index contributed by atoms with van der Waals surface area (Å²) in [5.41, 5.74) is 0.905. The van der Waals surface area contributed by atoms with Crippen molar-refractivity contribution in [2.75, 3.05) is 21.3 Å². The van der Waals surface area contributed by atoms with Crippen LogP contribution in [0.25, 0.3) is 6.08 Å². The lowest BCUT2D eigenvalue weighted by molar-refractivity contribution is -0.138. The summed E-state index contributed by atoms with van der Waals surface area (Å²) in [5.74, 6) is 1.29. The smallest absolute Gasteiger partial charge is 0.363 e. The van der Waals surface area contributed by atoms with Gasteiger partial charge >= 0.3 is 5.97 Å². The van der Waals surface area contributed by atoms with Gasteiger partial charge in [-0.05, 0) is 23.8 Å². The number of esters is 1. The predicted octanol–water partition coefficient (Wildman–Crippen LogP) is 1.49. The minimum absolute atomic E-state index is 0.132. The zero-order valence-electron chi connectivity index (χ0n) is 13.3. The molecule has 2 aliphatic rings. The Kier molecular flexibility index (Phi) is 4.28. The molecule has 0 radical (unpaired) electrons. The summed E-state index contributed by atoms with van der Waals surface area (Å²) in [6.45, 7) is 0. The number of ether oxygens (including phenoxy) is 4. The molecule has 1 aromatic rings. The number of rotatable bonds is 5. The Labute approximate surface area is 138 Å². The summed E-state index contributed by atoms with van der Waals surface area (Å²) in [7, 11) is 4.62. The summed E-state index contributed by atoms with van der Waals surface area (Å²) in [6, 6.07) is 3.55. The SMILES string of the molecule is COc1cc(/C=C/C2N=C3N=CN=C3C(=O)O2)cc(OC)c1OC. The van der Waals surface area contributed by atoms with Gasteiger partial charge in [0.1, 0.15) is 6.34 Å². The molecule has 0 aromatic heterocycles. The highest BCUT2D eigenvalue weighted by Crippen LogP contribution is 2.38. The Morgan fingerprint density at radius 2 is 1.83 bits per heavy atom. The van der Waals surface area contributed by atoms with E-state index in [1.54, 1.807) is 38.5 Å². The Hall–Kier alpha value is -3.16. The molecule has 1 unspecified atom stereocenters. The third-order valence-corrected chi connectivity index (χ3v) is 3.39. The van der Waals surface area contributed by atoms with E-state index in [1.165, 1.54) is 13.4 Å². The van der Waals surface area contributed by atoms with Gasteiger partial charge in [0.2, 0.25) is 12.0 Å². The van der Waals surface area contributed by atoms with Gasteiger partial charge in [0.25, 0.3) is 0 Å². The first kappa shape index (κ1) is 15.7. The topological polar surface area (TPSA) is 91.1 Å². The molecule has 0 amide bonds. The van der Waals surface area contributed by atoms with Gasteiger partial charge < -0.3 is 18.9 Å². The average molecular weight is 329 g/mol. The molecule has 1 aromatic carbocycles. The Morgan fingerprint density at radius 3 is 2.46 bits per heavy atom. The van der Waals surface area contributed by atoms with E-state index in [1.807, 2.05) is 0 Å². The van der Waals surface area contributed by atoms with Gasteiger partial charge in [-0.3, -0.25) is 0 Å². The second-order valence-electron chi connectivity index (χ2n) is 4.79. The Morgan fingerprint density at radius 1 is 1.12 bits per heavy atom. The number of hydrogen-bond donors (Lipinski definition) is 0. The summed E-state index contributed by atoms with van der Waals surface area (Å²) in [6.07, 6.45) is 3.89. The van der Waals surface area contributed by atoms with Crippen LogP contribution in [0, 0.1) is 0 Å². The largest absolute Gasteiger partial charge is 0.493 e. The number of carbonyl (C=O) groups excluding carboxylic acids is 1. The van der Waals surface area contributed by atoms with Crippen LogP contribution in [0.4, 0.5) is 0 Å². The maximum atomic E-state index is 11.8. The molecular formula is C16H15N3O5. The number of fused-ring (bicyclic) bond motifs is 1. The van der Waals surface area contributed by atoms with Crippen molar-refractivity contribution in [1.29, 1.82) is 0 Å². The van der Waals surface area contributed by atoms with Crippen molar-refractivity contribution in [3.05, 3.63) is 23.8 Å². The van der Waals surface area contributed by atoms with E-state index in [2.05, 4.69) is 15.0 Å². The number of amidine groups is 1. The van der Waals surface area contributed by atoms with Crippen molar-refractivity contribution < 1.29 is 23.7 Å². The van der Waals surface area contributed by atoms with Gasteiger partial charge in [-0.15, -0.1) is 0 Å². The lowest BCUT2D eigenvalue weighted by Gasteiger charge is -2.16. The second-order valence-corrected chi connectivity index (χ2v) is 4.79. The number of nitrogens with zero attached hydrogens (tertiary/aromatic N) is 3. The van der Waals surface area contributed by atoms with Crippen molar-refractivity contribution in [3.63, 3.8) is 0 Å². The molecule has 0 saturated carbocycles.